The largest absolute Gasteiger partial charge is 0.392 e. The smallest absolute Gasteiger partial charge is 0.234 e. The van der Waals surface area contributed by atoms with Crippen molar-refractivity contribution in [1.82, 2.24) is 15.1 Å². The van der Waals surface area contributed by atoms with Crippen LogP contribution in [0.4, 0.5) is 0 Å². The van der Waals surface area contributed by atoms with Crippen LogP contribution in [0.2, 0.25) is 0 Å². The van der Waals surface area contributed by atoms with Gasteiger partial charge in [0.2, 0.25) is 5.91 Å². The number of aliphatic hydroxyl groups excluding tert-OH is 1. The van der Waals surface area contributed by atoms with E-state index in [0.717, 1.165) is 39.0 Å². The highest BCUT2D eigenvalue weighted by Crippen LogP contribution is 2.13. The van der Waals surface area contributed by atoms with E-state index in [1.54, 1.807) is 11.3 Å². The highest BCUT2D eigenvalue weighted by Gasteiger charge is 2.27. The monoisotopic (exact) mass is 339 g/mol. The Morgan fingerprint density at radius 2 is 2.35 bits per heavy atom. The molecule has 0 aliphatic carbocycles. The van der Waals surface area contributed by atoms with Crippen LogP contribution in [-0.4, -0.2) is 72.2 Å². The lowest BCUT2D eigenvalue weighted by molar-refractivity contribution is -0.123. The molecule has 1 amide bonds. The lowest BCUT2D eigenvalue weighted by atomic mass is 10.1. The summed E-state index contributed by atoms with van der Waals surface area (Å²) in [5.74, 6) is 0.110. The zero-order valence-corrected chi connectivity index (χ0v) is 15.0. The molecule has 1 aliphatic heterocycles. The van der Waals surface area contributed by atoms with E-state index in [1.165, 1.54) is 5.56 Å². The summed E-state index contributed by atoms with van der Waals surface area (Å²) in [6, 6.07) is 2.53. The number of nitrogens with zero attached hydrogens (tertiary/aromatic N) is 2. The van der Waals surface area contributed by atoms with Gasteiger partial charge in [0.15, 0.2) is 0 Å². The zero-order valence-electron chi connectivity index (χ0n) is 14.2. The molecule has 1 aromatic heterocycles. The van der Waals surface area contributed by atoms with Gasteiger partial charge in [0.05, 0.1) is 12.6 Å². The van der Waals surface area contributed by atoms with Crippen LogP contribution in [0.25, 0.3) is 0 Å². The lowest BCUT2D eigenvalue weighted by Crippen LogP contribution is -2.56. The molecule has 1 fully saturated rings. The molecule has 0 unspecified atom stereocenters. The Morgan fingerprint density at radius 1 is 1.52 bits per heavy atom. The fourth-order valence-corrected chi connectivity index (χ4v) is 3.81. The molecule has 0 spiro atoms. The van der Waals surface area contributed by atoms with E-state index in [1.807, 2.05) is 6.92 Å². The number of amides is 1. The Labute approximate surface area is 143 Å². The van der Waals surface area contributed by atoms with Crippen molar-refractivity contribution in [1.29, 1.82) is 0 Å². The Hall–Kier alpha value is -0.950. The average molecular weight is 340 g/mol. The van der Waals surface area contributed by atoms with Gasteiger partial charge in [-0.2, -0.15) is 11.3 Å². The molecule has 2 heterocycles. The minimum absolute atomic E-state index is 0.110. The van der Waals surface area contributed by atoms with Crippen molar-refractivity contribution in [3.05, 3.63) is 22.4 Å². The van der Waals surface area contributed by atoms with Crippen LogP contribution in [0.3, 0.4) is 0 Å². The molecule has 0 aromatic carbocycles. The molecule has 2 N–H and O–H groups in total. The molecule has 2 atom stereocenters. The zero-order chi connectivity index (χ0) is 16.7. The first kappa shape index (κ1) is 18.4. The maximum absolute atomic E-state index is 12.1. The minimum atomic E-state index is -0.295. The van der Waals surface area contributed by atoms with Gasteiger partial charge < -0.3 is 10.4 Å². The van der Waals surface area contributed by atoms with E-state index in [-0.39, 0.29) is 12.0 Å². The van der Waals surface area contributed by atoms with Crippen LogP contribution < -0.4 is 5.32 Å². The first-order valence-electron chi connectivity index (χ1n) is 8.50. The van der Waals surface area contributed by atoms with Crippen molar-refractivity contribution in [3.8, 4) is 0 Å². The third-order valence-electron chi connectivity index (χ3n) is 4.34. The second-order valence-electron chi connectivity index (χ2n) is 6.37. The molecule has 0 saturated carbocycles. The Balaban J connectivity index is 1.69. The van der Waals surface area contributed by atoms with Gasteiger partial charge in [0.25, 0.3) is 0 Å². The van der Waals surface area contributed by atoms with Crippen LogP contribution in [0.5, 0.6) is 0 Å². The molecule has 0 bridgehead atoms. The van der Waals surface area contributed by atoms with E-state index in [0.29, 0.717) is 19.1 Å². The predicted octanol–water partition coefficient (Wildman–Crippen LogP) is 1.18. The highest BCUT2D eigenvalue weighted by atomic mass is 32.1. The number of hydrogen-bond donors (Lipinski definition) is 2. The Bertz CT molecular complexity index is 464. The van der Waals surface area contributed by atoms with Crippen molar-refractivity contribution in [3.63, 3.8) is 0 Å². The summed E-state index contributed by atoms with van der Waals surface area (Å²) < 4.78 is 0. The Kier molecular flexibility index (Phi) is 7.49. The second kappa shape index (κ2) is 9.37. The maximum Gasteiger partial charge on any atom is 0.234 e. The van der Waals surface area contributed by atoms with Crippen molar-refractivity contribution in [2.24, 2.45) is 0 Å². The quantitative estimate of drug-likeness (QED) is 0.747. The summed E-state index contributed by atoms with van der Waals surface area (Å²) in [5, 5.41) is 16.8. The number of rotatable bonds is 8. The highest BCUT2D eigenvalue weighted by molar-refractivity contribution is 7.07. The normalized spacial score (nSPS) is 21.3. The topological polar surface area (TPSA) is 55.8 Å². The van der Waals surface area contributed by atoms with Crippen LogP contribution in [0.15, 0.2) is 16.8 Å². The maximum atomic E-state index is 12.1. The molecule has 1 aliphatic rings. The summed E-state index contributed by atoms with van der Waals surface area (Å²) in [6.07, 6.45) is 1.65. The van der Waals surface area contributed by atoms with Gasteiger partial charge in [-0.3, -0.25) is 14.6 Å². The van der Waals surface area contributed by atoms with Gasteiger partial charge in [-0.25, -0.2) is 0 Å². The summed E-state index contributed by atoms with van der Waals surface area (Å²) in [7, 11) is 0. The predicted molar refractivity (Wildman–Crippen MR) is 94.8 cm³/mol. The lowest BCUT2D eigenvalue weighted by Gasteiger charge is -2.41. The number of nitrogens with one attached hydrogen (secondary N) is 1. The summed E-state index contributed by atoms with van der Waals surface area (Å²) in [5.41, 5.74) is 1.29. The fourth-order valence-electron chi connectivity index (χ4n) is 3.11. The standard InChI is InChI=1S/C17H29N3O2S/c1-3-16-11-19(7-8-20(16)10-14(2)21)12-17(22)18-6-4-15-5-9-23-13-15/h5,9,13-14,16,21H,3-4,6-8,10-12H2,1-2H3,(H,18,22)/t14-,16-/m0/s1. The van der Waals surface area contributed by atoms with E-state index in [9.17, 15) is 9.90 Å². The molecule has 1 saturated heterocycles. The number of aliphatic hydroxyl groups is 1. The van der Waals surface area contributed by atoms with Gasteiger partial charge in [0, 0.05) is 38.8 Å². The molecular weight excluding hydrogens is 310 g/mol. The number of carbonyl (C=O) groups excluding carboxylic acids is 1. The van der Waals surface area contributed by atoms with Crippen LogP contribution in [-0.2, 0) is 11.2 Å². The van der Waals surface area contributed by atoms with Crippen LogP contribution in [0, 0.1) is 0 Å². The van der Waals surface area contributed by atoms with Crippen molar-refractivity contribution in [2.45, 2.75) is 38.8 Å². The third-order valence-corrected chi connectivity index (χ3v) is 5.07. The summed E-state index contributed by atoms with van der Waals surface area (Å²) in [4.78, 5) is 16.7. The summed E-state index contributed by atoms with van der Waals surface area (Å²) >= 11 is 1.69. The van der Waals surface area contributed by atoms with Crippen molar-refractivity contribution < 1.29 is 9.90 Å². The van der Waals surface area contributed by atoms with Crippen LogP contribution in [0.1, 0.15) is 25.8 Å². The Morgan fingerprint density at radius 3 is 3.00 bits per heavy atom. The second-order valence-corrected chi connectivity index (χ2v) is 7.15. The van der Waals surface area contributed by atoms with E-state index < -0.39 is 0 Å². The van der Waals surface area contributed by atoms with E-state index >= 15 is 0 Å². The van der Waals surface area contributed by atoms with Gasteiger partial charge in [-0.05, 0) is 42.2 Å². The van der Waals surface area contributed by atoms with E-state index in [4.69, 9.17) is 0 Å². The third kappa shape index (κ3) is 6.22. The summed E-state index contributed by atoms with van der Waals surface area (Å²) in [6.45, 7) is 8.62. The number of carbonyl (C=O) groups is 1. The molecule has 0 radical (unpaired) electrons. The number of β-amino-alcohol motifs (C(OH)–C–C–N with tert-alkyl or cyclic N) is 1. The first-order valence-corrected chi connectivity index (χ1v) is 9.45. The minimum Gasteiger partial charge on any atom is -0.392 e. The van der Waals surface area contributed by atoms with E-state index in [2.05, 4.69) is 38.9 Å². The molecule has 5 nitrogen and oxygen atoms in total. The first-order chi connectivity index (χ1) is 11.1. The van der Waals surface area contributed by atoms with Crippen molar-refractivity contribution in [2.75, 3.05) is 39.3 Å². The molecule has 23 heavy (non-hydrogen) atoms. The SMILES string of the molecule is CC[C@H]1CN(CC(=O)NCCc2ccsc2)CCN1C[C@H](C)O. The van der Waals surface area contributed by atoms with Gasteiger partial charge >= 0.3 is 0 Å². The molecule has 1 aromatic rings. The fraction of sp³-hybridized carbons (Fsp3) is 0.706. The van der Waals surface area contributed by atoms with Gasteiger partial charge in [-0.1, -0.05) is 6.92 Å². The molecule has 130 valence electrons. The van der Waals surface area contributed by atoms with Gasteiger partial charge in [-0.15, -0.1) is 0 Å². The average Bonchev–Trinajstić information content (AvgIpc) is 3.01. The molecule has 2 rings (SSSR count). The van der Waals surface area contributed by atoms with Crippen molar-refractivity contribution >= 4 is 17.2 Å². The van der Waals surface area contributed by atoms with Crippen LogP contribution >= 0.6 is 11.3 Å². The number of hydrogen-bond acceptors (Lipinski definition) is 5. The number of piperazine rings is 1. The molecular formula is C17H29N3O2S. The molecule has 6 heteroatoms. The number of thiophene rings is 1. The van der Waals surface area contributed by atoms with Gasteiger partial charge in [0.1, 0.15) is 0 Å².